The zero-order valence-corrected chi connectivity index (χ0v) is 11.6. The average molecular weight is 266 g/mol. The molecule has 1 unspecified atom stereocenters. The van der Waals surface area contributed by atoms with Gasteiger partial charge in [-0.25, -0.2) is 0 Å². The van der Waals surface area contributed by atoms with E-state index in [9.17, 15) is 0 Å². The Morgan fingerprint density at radius 1 is 1.20 bits per heavy atom. The molecule has 0 amide bonds. The van der Waals surface area contributed by atoms with E-state index in [0.29, 0.717) is 6.04 Å². The van der Waals surface area contributed by atoms with Crippen LogP contribution in [0.15, 0.2) is 36.7 Å². The normalized spacial score (nSPS) is 20.8. The van der Waals surface area contributed by atoms with Crippen molar-refractivity contribution in [2.24, 2.45) is 0 Å². The van der Waals surface area contributed by atoms with E-state index in [1.54, 1.807) is 0 Å². The fraction of sp³-hybridized carbons (Fsp3) is 0.312. The van der Waals surface area contributed by atoms with Crippen LogP contribution in [0.1, 0.15) is 11.6 Å². The van der Waals surface area contributed by atoms with Crippen molar-refractivity contribution < 1.29 is 0 Å². The first-order chi connectivity index (χ1) is 9.83. The van der Waals surface area contributed by atoms with Crippen LogP contribution >= 0.6 is 0 Å². The SMILES string of the molecule is CN1CCNCC1c1ccc2c(c1)[nH]c1ccncc12. The molecule has 102 valence electrons. The molecule has 3 heterocycles. The number of aromatic nitrogens is 2. The molecule has 2 aromatic heterocycles. The molecule has 3 aromatic rings. The Labute approximate surface area is 117 Å². The number of pyridine rings is 1. The minimum atomic E-state index is 0.456. The van der Waals surface area contributed by atoms with Gasteiger partial charge in [0.25, 0.3) is 0 Å². The fourth-order valence-corrected chi connectivity index (χ4v) is 3.15. The Hall–Kier alpha value is -1.91. The number of nitrogens with zero attached hydrogens (tertiary/aromatic N) is 2. The Morgan fingerprint density at radius 3 is 3.05 bits per heavy atom. The number of H-pyrrole nitrogens is 1. The van der Waals surface area contributed by atoms with E-state index in [0.717, 1.165) is 25.2 Å². The molecule has 4 heteroatoms. The molecule has 2 N–H and O–H groups in total. The average Bonchev–Trinajstić information content (AvgIpc) is 2.85. The standard InChI is InChI=1S/C16H18N4/c1-20-7-6-18-10-16(20)11-2-3-12-13-9-17-5-4-14(13)19-15(12)8-11/h2-5,8-9,16,18-19H,6-7,10H2,1H3. The largest absolute Gasteiger partial charge is 0.354 e. The van der Waals surface area contributed by atoms with Crippen molar-refractivity contribution in [1.82, 2.24) is 20.2 Å². The summed E-state index contributed by atoms with van der Waals surface area (Å²) in [5.41, 5.74) is 3.72. The maximum atomic E-state index is 4.22. The molecule has 0 aliphatic carbocycles. The van der Waals surface area contributed by atoms with Gasteiger partial charge in [0.2, 0.25) is 0 Å². The molecule has 0 radical (unpaired) electrons. The van der Waals surface area contributed by atoms with E-state index in [1.807, 2.05) is 18.5 Å². The first kappa shape index (κ1) is 11.9. The van der Waals surface area contributed by atoms with Crippen LogP contribution in [0, 0.1) is 0 Å². The highest BCUT2D eigenvalue weighted by Gasteiger charge is 2.20. The predicted octanol–water partition coefficient (Wildman–Crippen LogP) is 2.29. The fourth-order valence-electron chi connectivity index (χ4n) is 3.15. The van der Waals surface area contributed by atoms with Gasteiger partial charge in [-0.1, -0.05) is 12.1 Å². The van der Waals surface area contributed by atoms with Crippen LogP contribution < -0.4 is 5.32 Å². The highest BCUT2D eigenvalue weighted by Crippen LogP contribution is 2.28. The first-order valence-corrected chi connectivity index (χ1v) is 7.09. The summed E-state index contributed by atoms with van der Waals surface area (Å²) in [6.07, 6.45) is 3.76. The predicted molar refractivity (Wildman–Crippen MR) is 81.8 cm³/mol. The van der Waals surface area contributed by atoms with Gasteiger partial charge in [-0.05, 0) is 24.7 Å². The van der Waals surface area contributed by atoms with Gasteiger partial charge in [-0.3, -0.25) is 9.88 Å². The lowest BCUT2D eigenvalue weighted by Crippen LogP contribution is -2.43. The quantitative estimate of drug-likeness (QED) is 0.710. The number of aromatic amines is 1. The number of fused-ring (bicyclic) bond motifs is 3. The molecular formula is C16H18N4. The summed E-state index contributed by atoms with van der Waals surface area (Å²) < 4.78 is 0. The van der Waals surface area contributed by atoms with Gasteiger partial charge in [0.15, 0.2) is 0 Å². The van der Waals surface area contributed by atoms with Gasteiger partial charge in [-0.15, -0.1) is 0 Å². The first-order valence-electron chi connectivity index (χ1n) is 7.09. The molecule has 1 atom stereocenters. The Balaban J connectivity index is 1.84. The third-order valence-corrected chi connectivity index (χ3v) is 4.32. The molecule has 0 bridgehead atoms. The summed E-state index contributed by atoms with van der Waals surface area (Å²) >= 11 is 0. The number of likely N-dealkylation sites (N-methyl/N-ethyl adjacent to an activating group) is 1. The van der Waals surface area contributed by atoms with Gasteiger partial charge in [0.1, 0.15) is 0 Å². The summed E-state index contributed by atoms with van der Waals surface area (Å²) in [6.45, 7) is 3.19. The number of nitrogens with one attached hydrogen (secondary N) is 2. The Bertz CT molecular complexity index is 761. The lowest BCUT2D eigenvalue weighted by Gasteiger charge is -2.33. The maximum Gasteiger partial charge on any atom is 0.0495 e. The number of rotatable bonds is 1. The van der Waals surface area contributed by atoms with Crippen LogP contribution in [0.2, 0.25) is 0 Å². The number of hydrogen-bond donors (Lipinski definition) is 2. The lowest BCUT2D eigenvalue weighted by atomic mass is 10.0. The smallest absolute Gasteiger partial charge is 0.0495 e. The summed E-state index contributed by atoms with van der Waals surface area (Å²) in [5.74, 6) is 0. The van der Waals surface area contributed by atoms with Crippen molar-refractivity contribution in [2.75, 3.05) is 26.7 Å². The Morgan fingerprint density at radius 2 is 2.15 bits per heavy atom. The molecule has 4 nitrogen and oxygen atoms in total. The molecule has 4 rings (SSSR count). The topological polar surface area (TPSA) is 44.0 Å². The number of benzene rings is 1. The second kappa shape index (κ2) is 4.58. The van der Waals surface area contributed by atoms with Gasteiger partial charge in [0.05, 0.1) is 0 Å². The molecule has 1 fully saturated rings. The van der Waals surface area contributed by atoms with Gasteiger partial charge < -0.3 is 10.3 Å². The van der Waals surface area contributed by atoms with Crippen LogP contribution in [0.3, 0.4) is 0 Å². The zero-order valence-electron chi connectivity index (χ0n) is 11.6. The van der Waals surface area contributed by atoms with Gasteiger partial charge >= 0.3 is 0 Å². The second-order valence-electron chi connectivity index (χ2n) is 5.55. The zero-order chi connectivity index (χ0) is 13.5. The monoisotopic (exact) mass is 266 g/mol. The van der Waals surface area contributed by atoms with Crippen LogP contribution in [0.4, 0.5) is 0 Å². The summed E-state index contributed by atoms with van der Waals surface area (Å²) in [6, 6.07) is 9.23. The molecule has 0 saturated carbocycles. The van der Waals surface area contributed by atoms with E-state index in [-0.39, 0.29) is 0 Å². The number of piperazine rings is 1. The number of hydrogen-bond acceptors (Lipinski definition) is 3. The van der Waals surface area contributed by atoms with Crippen LogP contribution in [-0.2, 0) is 0 Å². The van der Waals surface area contributed by atoms with E-state index in [4.69, 9.17) is 0 Å². The summed E-state index contributed by atoms with van der Waals surface area (Å²) in [4.78, 5) is 10.1. The third-order valence-electron chi connectivity index (χ3n) is 4.32. The third kappa shape index (κ3) is 1.80. The Kier molecular flexibility index (Phi) is 2.72. The molecule has 1 aliphatic rings. The second-order valence-corrected chi connectivity index (χ2v) is 5.55. The van der Waals surface area contributed by atoms with E-state index >= 15 is 0 Å². The van der Waals surface area contributed by atoms with Crippen molar-refractivity contribution in [2.45, 2.75) is 6.04 Å². The summed E-state index contributed by atoms with van der Waals surface area (Å²) in [7, 11) is 2.20. The maximum absolute atomic E-state index is 4.22. The van der Waals surface area contributed by atoms with Crippen molar-refractivity contribution in [3.05, 3.63) is 42.2 Å². The van der Waals surface area contributed by atoms with E-state index < -0.39 is 0 Å². The van der Waals surface area contributed by atoms with Crippen LogP contribution in [-0.4, -0.2) is 41.5 Å². The van der Waals surface area contributed by atoms with Crippen molar-refractivity contribution in [1.29, 1.82) is 0 Å². The molecule has 1 aromatic carbocycles. The summed E-state index contributed by atoms with van der Waals surface area (Å²) in [5, 5.41) is 5.93. The minimum Gasteiger partial charge on any atom is -0.354 e. The van der Waals surface area contributed by atoms with Gasteiger partial charge in [0, 0.05) is 59.9 Å². The van der Waals surface area contributed by atoms with E-state index in [2.05, 4.69) is 45.4 Å². The molecular weight excluding hydrogens is 248 g/mol. The lowest BCUT2D eigenvalue weighted by molar-refractivity contribution is 0.202. The molecule has 20 heavy (non-hydrogen) atoms. The van der Waals surface area contributed by atoms with Crippen LogP contribution in [0.25, 0.3) is 21.8 Å². The highest BCUT2D eigenvalue weighted by molar-refractivity contribution is 6.06. The van der Waals surface area contributed by atoms with Crippen LogP contribution in [0.5, 0.6) is 0 Å². The highest BCUT2D eigenvalue weighted by atomic mass is 15.2. The van der Waals surface area contributed by atoms with Crippen molar-refractivity contribution in [3.63, 3.8) is 0 Å². The minimum absolute atomic E-state index is 0.456. The van der Waals surface area contributed by atoms with Crippen molar-refractivity contribution >= 4 is 21.8 Å². The molecule has 1 saturated heterocycles. The molecule has 1 aliphatic heterocycles. The molecule has 0 spiro atoms. The van der Waals surface area contributed by atoms with E-state index in [1.165, 1.54) is 21.9 Å². The van der Waals surface area contributed by atoms with Gasteiger partial charge in [-0.2, -0.15) is 0 Å². The van der Waals surface area contributed by atoms with Crippen molar-refractivity contribution in [3.8, 4) is 0 Å².